The van der Waals surface area contributed by atoms with Crippen LogP contribution in [0.25, 0.3) is 11.2 Å². The molecule has 104 valence electrons. The Labute approximate surface area is 121 Å². The molecule has 2 heterocycles. The van der Waals surface area contributed by atoms with Gasteiger partial charge >= 0.3 is 0 Å². The first kappa shape index (κ1) is 12.9. The Morgan fingerprint density at radius 2 is 1.86 bits per heavy atom. The molecular formula is C15H14N6. The molecule has 4 N–H and O–H groups in total. The Morgan fingerprint density at radius 1 is 1.10 bits per heavy atom. The van der Waals surface area contributed by atoms with E-state index in [9.17, 15) is 0 Å². The van der Waals surface area contributed by atoms with E-state index < -0.39 is 0 Å². The van der Waals surface area contributed by atoms with E-state index in [-0.39, 0.29) is 11.8 Å². The lowest BCUT2D eigenvalue weighted by Gasteiger charge is -2.05. The number of nitrogen functional groups attached to an aromatic ring is 2. The fourth-order valence-electron chi connectivity index (χ4n) is 2.26. The molecule has 21 heavy (non-hydrogen) atoms. The molecule has 0 radical (unpaired) electrons. The highest BCUT2D eigenvalue weighted by atomic mass is 15.2. The van der Waals surface area contributed by atoms with Crippen LogP contribution in [0.3, 0.4) is 0 Å². The minimum atomic E-state index is 0.115. The smallest absolute Gasteiger partial charge is 0.224 e. The lowest BCUT2D eigenvalue weighted by atomic mass is 10.1. The Kier molecular flexibility index (Phi) is 3.16. The molecule has 0 unspecified atom stereocenters. The predicted octanol–water partition coefficient (Wildman–Crippen LogP) is 1.21. The summed E-state index contributed by atoms with van der Waals surface area (Å²) in [5.41, 5.74) is 13.8. The number of benzene rings is 1. The molecule has 0 aliphatic carbocycles. The molecule has 0 aliphatic heterocycles. The van der Waals surface area contributed by atoms with Crippen LogP contribution in [-0.4, -0.2) is 19.5 Å². The summed E-state index contributed by atoms with van der Waals surface area (Å²) in [6.07, 6.45) is 6.08. The molecule has 0 spiro atoms. The molecule has 0 bridgehead atoms. The maximum atomic E-state index is 5.87. The first-order valence-electron chi connectivity index (χ1n) is 6.44. The van der Waals surface area contributed by atoms with Gasteiger partial charge in [-0.1, -0.05) is 36.3 Å². The summed E-state index contributed by atoms with van der Waals surface area (Å²) in [6.45, 7) is 0.356. The fourth-order valence-corrected chi connectivity index (χ4v) is 2.26. The monoisotopic (exact) mass is 278 g/mol. The summed E-state index contributed by atoms with van der Waals surface area (Å²) < 4.78 is 1.84. The van der Waals surface area contributed by atoms with Gasteiger partial charge in [0.05, 0.1) is 6.54 Å². The summed E-state index contributed by atoms with van der Waals surface area (Å²) >= 11 is 0. The maximum Gasteiger partial charge on any atom is 0.224 e. The number of nitrogens with two attached hydrogens (primary N) is 2. The van der Waals surface area contributed by atoms with E-state index in [0.717, 1.165) is 11.4 Å². The number of rotatable bonds is 3. The first-order chi connectivity index (χ1) is 10.2. The van der Waals surface area contributed by atoms with Gasteiger partial charge in [0.15, 0.2) is 17.0 Å². The number of imidazole rings is 1. The fraction of sp³-hybridized carbons (Fsp3) is 0.133. The second-order valence-electron chi connectivity index (χ2n) is 4.62. The van der Waals surface area contributed by atoms with E-state index in [2.05, 4.69) is 20.9 Å². The topological polar surface area (TPSA) is 95.6 Å². The standard InChI is InChI=1S/C15H14N6/c1-2-8-21-11(9-10-6-4-3-5-7-10)18-12-13(16)19-15(17)20-14(12)21/h1,3-7H,8-9H2,(H4,16,17,19,20). The molecule has 3 aromatic rings. The van der Waals surface area contributed by atoms with Crippen molar-refractivity contribution in [1.82, 2.24) is 19.5 Å². The number of aromatic nitrogens is 4. The molecule has 2 aromatic heterocycles. The minimum absolute atomic E-state index is 0.115. The van der Waals surface area contributed by atoms with Gasteiger partial charge in [-0.3, -0.25) is 0 Å². The van der Waals surface area contributed by atoms with Crippen molar-refractivity contribution in [3.8, 4) is 12.3 Å². The van der Waals surface area contributed by atoms with Crippen LogP contribution >= 0.6 is 0 Å². The number of anilines is 2. The number of hydrogen-bond donors (Lipinski definition) is 2. The van der Waals surface area contributed by atoms with Gasteiger partial charge in [-0.2, -0.15) is 9.97 Å². The van der Waals surface area contributed by atoms with Crippen molar-refractivity contribution in [2.45, 2.75) is 13.0 Å². The molecule has 1 aromatic carbocycles. The highest BCUT2D eigenvalue weighted by Crippen LogP contribution is 2.21. The molecule has 0 atom stereocenters. The summed E-state index contributed by atoms with van der Waals surface area (Å²) in [4.78, 5) is 12.7. The third kappa shape index (κ3) is 2.37. The van der Waals surface area contributed by atoms with Gasteiger partial charge in [0, 0.05) is 6.42 Å². The summed E-state index contributed by atoms with van der Waals surface area (Å²) in [7, 11) is 0. The number of hydrogen-bond acceptors (Lipinski definition) is 5. The lowest BCUT2D eigenvalue weighted by Crippen LogP contribution is -2.06. The Bertz CT molecular complexity index is 829. The maximum absolute atomic E-state index is 5.87. The quantitative estimate of drug-likeness (QED) is 0.702. The van der Waals surface area contributed by atoms with Crippen LogP contribution in [0.1, 0.15) is 11.4 Å². The van der Waals surface area contributed by atoms with Crippen molar-refractivity contribution in [1.29, 1.82) is 0 Å². The van der Waals surface area contributed by atoms with Crippen LogP contribution in [-0.2, 0) is 13.0 Å². The molecule has 0 amide bonds. The number of nitrogens with zero attached hydrogens (tertiary/aromatic N) is 4. The van der Waals surface area contributed by atoms with Crippen molar-refractivity contribution in [2.24, 2.45) is 0 Å². The number of terminal acetylenes is 1. The van der Waals surface area contributed by atoms with Crippen LogP contribution in [0.4, 0.5) is 11.8 Å². The van der Waals surface area contributed by atoms with Crippen molar-refractivity contribution in [2.75, 3.05) is 11.5 Å². The van der Waals surface area contributed by atoms with E-state index in [0.29, 0.717) is 24.1 Å². The Hall–Kier alpha value is -3.07. The van der Waals surface area contributed by atoms with E-state index >= 15 is 0 Å². The van der Waals surface area contributed by atoms with Crippen molar-refractivity contribution >= 4 is 22.9 Å². The van der Waals surface area contributed by atoms with Gasteiger partial charge in [-0.05, 0) is 5.56 Å². The van der Waals surface area contributed by atoms with Crippen LogP contribution in [0, 0.1) is 12.3 Å². The van der Waals surface area contributed by atoms with Gasteiger partial charge in [0.25, 0.3) is 0 Å². The normalized spacial score (nSPS) is 10.6. The largest absolute Gasteiger partial charge is 0.382 e. The SMILES string of the molecule is C#CCn1c(Cc2ccccc2)nc2c(N)nc(N)nc21. The van der Waals surface area contributed by atoms with E-state index in [1.54, 1.807) is 0 Å². The molecule has 0 fully saturated rings. The van der Waals surface area contributed by atoms with Crippen LogP contribution in [0.5, 0.6) is 0 Å². The van der Waals surface area contributed by atoms with Crippen molar-refractivity contribution < 1.29 is 0 Å². The second-order valence-corrected chi connectivity index (χ2v) is 4.62. The third-order valence-electron chi connectivity index (χ3n) is 3.17. The van der Waals surface area contributed by atoms with E-state index in [1.165, 1.54) is 0 Å². The molecule has 0 aliphatic rings. The molecular weight excluding hydrogens is 264 g/mol. The highest BCUT2D eigenvalue weighted by Gasteiger charge is 2.15. The molecule has 0 saturated carbocycles. The van der Waals surface area contributed by atoms with Crippen LogP contribution in [0.15, 0.2) is 30.3 Å². The lowest BCUT2D eigenvalue weighted by molar-refractivity contribution is 0.786. The zero-order valence-corrected chi connectivity index (χ0v) is 11.3. The van der Waals surface area contributed by atoms with Gasteiger partial charge in [-0.25, -0.2) is 4.98 Å². The Morgan fingerprint density at radius 3 is 2.57 bits per heavy atom. The average molecular weight is 278 g/mol. The van der Waals surface area contributed by atoms with Gasteiger partial charge in [-0.15, -0.1) is 6.42 Å². The van der Waals surface area contributed by atoms with Gasteiger partial charge in [0.1, 0.15) is 5.82 Å². The molecule has 6 heteroatoms. The molecule has 0 saturated heterocycles. The summed E-state index contributed by atoms with van der Waals surface area (Å²) in [5, 5.41) is 0. The van der Waals surface area contributed by atoms with E-state index in [1.807, 2.05) is 34.9 Å². The first-order valence-corrected chi connectivity index (χ1v) is 6.44. The third-order valence-corrected chi connectivity index (χ3v) is 3.17. The average Bonchev–Trinajstić information content (AvgIpc) is 2.79. The van der Waals surface area contributed by atoms with Gasteiger partial charge < -0.3 is 16.0 Å². The molecule has 3 rings (SSSR count). The second kappa shape index (κ2) is 5.13. The van der Waals surface area contributed by atoms with Gasteiger partial charge in [0.2, 0.25) is 5.95 Å². The van der Waals surface area contributed by atoms with Crippen LogP contribution in [0.2, 0.25) is 0 Å². The predicted molar refractivity (Wildman–Crippen MR) is 82.2 cm³/mol. The van der Waals surface area contributed by atoms with E-state index in [4.69, 9.17) is 17.9 Å². The summed E-state index contributed by atoms with van der Waals surface area (Å²) in [5.74, 6) is 3.78. The highest BCUT2D eigenvalue weighted by molar-refractivity contribution is 5.83. The zero-order valence-electron chi connectivity index (χ0n) is 11.3. The zero-order chi connectivity index (χ0) is 14.8. The number of fused-ring (bicyclic) bond motifs is 1. The van der Waals surface area contributed by atoms with Crippen molar-refractivity contribution in [3.05, 3.63) is 41.7 Å². The summed E-state index contributed by atoms with van der Waals surface area (Å²) in [6, 6.07) is 10.00. The minimum Gasteiger partial charge on any atom is -0.382 e. The van der Waals surface area contributed by atoms with Crippen molar-refractivity contribution in [3.63, 3.8) is 0 Å². The van der Waals surface area contributed by atoms with Crippen LogP contribution < -0.4 is 11.5 Å². The Balaban J connectivity index is 2.16. The molecule has 6 nitrogen and oxygen atoms in total.